The lowest BCUT2D eigenvalue weighted by molar-refractivity contribution is 0.472. The molecule has 0 unspecified atom stereocenters. The molecule has 1 aromatic heterocycles. The number of aryl methyl sites for hydroxylation is 1. The second-order valence-corrected chi connectivity index (χ2v) is 5.51. The third-order valence-electron chi connectivity index (χ3n) is 3.24. The molecule has 0 bridgehead atoms. The zero-order valence-electron chi connectivity index (χ0n) is 13.4. The molecule has 4 nitrogen and oxygen atoms in total. The molecule has 0 aliphatic carbocycles. The highest BCUT2D eigenvalue weighted by atomic mass is 35.5. The predicted octanol–water partition coefficient (Wildman–Crippen LogP) is 5.86. The molecule has 0 aliphatic rings. The first-order chi connectivity index (χ1) is 11.5. The van der Waals surface area contributed by atoms with Crippen molar-refractivity contribution in [2.24, 2.45) is 0 Å². The molecular weight excluding hydrogens is 352 g/mol. The molecule has 7 heteroatoms. The average Bonchev–Trinajstić information content (AvgIpc) is 2.59. The maximum absolute atomic E-state index is 14.1. The lowest BCUT2D eigenvalue weighted by atomic mass is 10.1. The summed E-state index contributed by atoms with van der Waals surface area (Å²) in [6.45, 7) is 5.76. The Kier molecular flexibility index (Phi) is 5.80. The van der Waals surface area contributed by atoms with E-state index in [0.717, 1.165) is 0 Å². The van der Waals surface area contributed by atoms with E-state index in [4.69, 9.17) is 23.2 Å². The van der Waals surface area contributed by atoms with Crippen LogP contribution in [0.1, 0.15) is 19.4 Å². The minimum atomic E-state index is -0.656. The summed E-state index contributed by atoms with van der Waals surface area (Å²) < 4.78 is 14.1. The summed E-state index contributed by atoms with van der Waals surface area (Å²) >= 11 is 11.6. The number of benzene rings is 2. The first-order valence-electron chi connectivity index (χ1n) is 7.32. The van der Waals surface area contributed by atoms with Crippen LogP contribution in [0.2, 0.25) is 10.0 Å². The highest BCUT2D eigenvalue weighted by molar-refractivity contribution is 6.42. The molecule has 0 saturated carbocycles. The van der Waals surface area contributed by atoms with Crippen LogP contribution in [0.15, 0.2) is 30.6 Å². The van der Waals surface area contributed by atoms with Gasteiger partial charge in [0, 0.05) is 11.5 Å². The van der Waals surface area contributed by atoms with E-state index in [-0.39, 0.29) is 21.5 Å². The molecule has 0 atom stereocenters. The van der Waals surface area contributed by atoms with E-state index in [1.54, 1.807) is 13.0 Å². The molecule has 0 fully saturated rings. The Morgan fingerprint density at radius 3 is 2.54 bits per heavy atom. The minimum absolute atomic E-state index is 0.137. The van der Waals surface area contributed by atoms with E-state index >= 15 is 0 Å². The first-order valence-corrected chi connectivity index (χ1v) is 8.08. The molecule has 24 heavy (non-hydrogen) atoms. The van der Waals surface area contributed by atoms with Gasteiger partial charge in [-0.05, 0) is 30.7 Å². The number of hydrogen-bond acceptors (Lipinski definition) is 4. The number of fused-ring (bicyclic) bond motifs is 1. The normalized spacial score (nSPS) is 10.2. The summed E-state index contributed by atoms with van der Waals surface area (Å²) in [7, 11) is 0. The summed E-state index contributed by atoms with van der Waals surface area (Å²) in [4.78, 5) is 8.21. The number of anilines is 2. The van der Waals surface area contributed by atoms with Crippen molar-refractivity contribution >= 4 is 45.6 Å². The monoisotopic (exact) mass is 367 g/mol. The van der Waals surface area contributed by atoms with Crippen LogP contribution in [0, 0.1) is 12.7 Å². The van der Waals surface area contributed by atoms with Gasteiger partial charge in [-0.2, -0.15) is 0 Å². The molecule has 2 N–H and O–H groups in total. The van der Waals surface area contributed by atoms with Gasteiger partial charge in [0.2, 0.25) is 0 Å². The fourth-order valence-electron chi connectivity index (χ4n) is 2.05. The number of aromatic hydroxyl groups is 1. The fourth-order valence-corrected chi connectivity index (χ4v) is 2.36. The van der Waals surface area contributed by atoms with Gasteiger partial charge in [0.15, 0.2) is 5.82 Å². The van der Waals surface area contributed by atoms with Crippen molar-refractivity contribution in [2.75, 3.05) is 5.32 Å². The maximum Gasteiger partial charge on any atom is 0.166 e. The summed E-state index contributed by atoms with van der Waals surface area (Å²) in [6, 6.07) is 6.23. The smallest absolute Gasteiger partial charge is 0.166 e. The minimum Gasteiger partial charge on any atom is -0.508 e. The highest BCUT2D eigenvalue weighted by Crippen LogP contribution is 2.33. The van der Waals surface area contributed by atoms with Gasteiger partial charge in [0.1, 0.15) is 17.9 Å². The van der Waals surface area contributed by atoms with Gasteiger partial charge in [-0.25, -0.2) is 14.4 Å². The van der Waals surface area contributed by atoms with Crippen molar-refractivity contribution in [3.63, 3.8) is 0 Å². The predicted molar refractivity (Wildman–Crippen MR) is 97.0 cm³/mol. The number of phenolic OH excluding ortho intramolecular Hbond substituents is 1. The SMILES string of the molecule is CC.Cc1cc2c(Nc3ccc(Cl)c(Cl)c3F)ncnc2cc1O. The van der Waals surface area contributed by atoms with E-state index in [1.165, 1.54) is 24.5 Å². The molecule has 0 spiro atoms. The van der Waals surface area contributed by atoms with Gasteiger partial charge in [-0.1, -0.05) is 37.0 Å². The van der Waals surface area contributed by atoms with Gasteiger partial charge in [0.05, 0.1) is 21.2 Å². The summed E-state index contributed by atoms with van der Waals surface area (Å²) in [5, 5.41) is 13.3. The number of halogens is 3. The Hall–Kier alpha value is -2.11. The van der Waals surface area contributed by atoms with Crippen LogP contribution in [-0.4, -0.2) is 15.1 Å². The quantitative estimate of drug-likeness (QED) is 0.557. The van der Waals surface area contributed by atoms with E-state index in [1.807, 2.05) is 13.8 Å². The summed E-state index contributed by atoms with van der Waals surface area (Å²) in [6.07, 6.45) is 1.33. The number of rotatable bonds is 2. The Balaban J connectivity index is 0.00000100. The molecule has 2 aromatic carbocycles. The third kappa shape index (κ3) is 3.52. The van der Waals surface area contributed by atoms with E-state index in [2.05, 4.69) is 15.3 Å². The number of phenols is 1. The number of nitrogens with zero attached hydrogens (tertiary/aromatic N) is 2. The second-order valence-electron chi connectivity index (χ2n) is 4.73. The van der Waals surface area contributed by atoms with Crippen LogP contribution < -0.4 is 5.32 Å². The third-order valence-corrected chi connectivity index (χ3v) is 4.02. The zero-order chi connectivity index (χ0) is 17.9. The molecule has 3 aromatic rings. The number of nitrogens with one attached hydrogen (secondary N) is 1. The maximum atomic E-state index is 14.1. The molecular formula is C17H16Cl2FN3O. The van der Waals surface area contributed by atoms with Crippen LogP contribution in [0.5, 0.6) is 5.75 Å². The lowest BCUT2D eigenvalue weighted by Crippen LogP contribution is -1.99. The highest BCUT2D eigenvalue weighted by Gasteiger charge is 2.13. The van der Waals surface area contributed by atoms with Crippen molar-refractivity contribution in [3.05, 3.63) is 52.0 Å². The molecule has 3 rings (SSSR count). The van der Waals surface area contributed by atoms with Crippen molar-refractivity contribution in [3.8, 4) is 5.75 Å². The molecule has 126 valence electrons. The van der Waals surface area contributed by atoms with Crippen LogP contribution >= 0.6 is 23.2 Å². The van der Waals surface area contributed by atoms with Gasteiger partial charge >= 0.3 is 0 Å². The summed E-state index contributed by atoms with van der Waals surface area (Å²) in [5.74, 6) is -0.111. The lowest BCUT2D eigenvalue weighted by Gasteiger charge is -2.11. The van der Waals surface area contributed by atoms with E-state index < -0.39 is 5.82 Å². The van der Waals surface area contributed by atoms with Gasteiger partial charge in [-0.15, -0.1) is 0 Å². The Morgan fingerprint density at radius 2 is 1.83 bits per heavy atom. The van der Waals surface area contributed by atoms with Gasteiger partial charge in [-0.3, -0.25) is 0 Å². The van der Waals surface area contributed by atoms with E-state index in [9.17, 15) is 9.50 Å². The van der Waals surface area contributed by atoms with Crippen molar-refractivity contribution in [1.82, 2.24) is 9.97 Å². The topological polar surface area (TPSA) is 58.0 Å². The summed E-state index contributed by atoms with van der Waals surface area (Å²) in [5.41, 5.74) is 1.36. The van der Waals surface area contributed by atoms with Crippen LogP contribution in [-0.2, 0) is 0 Å². The molecule has 0 saturated heterocycles. The standard InChI is InChI=1S/C15H10Cl2FN3O.C2H6/c1-7-4-8-11(5-12(7)22)19-6-20-15(8)21-10-3-2-9(16)13(17)14(10)18;1-2/h2-6,22H,1H3,(H,19,20,21);1-2H3. The van der Waals surface area contributed by atoms with Crippen molar-refractivity contribution in [2.45, 2.75) is 20.8 Å². The molecule has 0 aliphatic heterocycles. The number of aromatic nitrogens is 2. The largest absolute Gasteiger partial charge is 0.508 e. The molecule has 1 heterocycles. The van der Waals surface area contributed by atoms with Gasteiger partial charge in [0.25, 0.3) is 0 Å². The zero-order valence-corrected chi connectivity index (χ0v) is 14.9. The molecule has 0 radical (unpaired) electrons. The van der Waals surface area contributed by atoms with Crippen molar-refractivity contribution < 1.29 is 9.50 Å². The van der Waals surface area contributed by atoms with Crippen LogP contribution in [0.25, 0.3) is 10.9 Å². The second kappa shape index (κ2) is 7.64. The van der Waals surface area contributed by atoms with Gasteiger partial charge < -0.3 is 10.4 Å². The first kappa shape index (κ1) is 18.2. The Labute approximate surface area is 149 Å². The fraction of sp³-hybridized carbons (Fsp3) is 0.176. The van der Waals surface area contributed by atoms with Crippen LogP contribution in [0.4, 0.5) is 15.9 Å². The van der Waals surface area contributed by atoms with E-state index in [0.29, 0.717) is 22.3 Å². The number of hydrogen-bond donors (Lipinski definition) is 2. The van der Waals surface area contributed by atoms with Crippen molar-refractivity contribution in [1.29, 1.82) is 0 Å². The van der Waals surface area contributed by atoms with Crippen LogP contribution in [0.3, 0.4) is 0 Å². The molecule has 0 amide bonds. The Bertz CT molecular complexity index is 887. The average molecular weight is 368 g/mol. The Morgan fingerprint density at radius 1 is 1.12 bits per heavy atom.